The SMILES string of the molecule is COc1cc(C=NNc2nc(-c3ccccc3)cs2)ccc1OCc1c(Cl)cc(Cl)cc1Cl. The molecule has 1 N–H and O–H groups in total. The average Bonchev–Trinajstić information content (AvgIpc) is 3.28. The first kappa shape index (κ1) is 23.4. The summed E-state index contributed by atoms with van der Waals surface area (Å²) < 4.78 is 11.4. The van der Waals surface area contributed by atoms with Gasteiger partial charge in [0.25, 0.3) is 0 Å². The minimum absolute atomic E-state index is 0.175. The van der Waals surface area contributed by atoms with Gasteiger partial charge in [0.1, 0.15) is 6.61 Å². The number of benzene rings is 3. The number of nitrogens with one attached hydrogen (secondary N) is 1. The van der Waals surface area contributed by atoms with Crippen LogP contribution in [0.1, 0.15) is 11.1 Å². The molecule has 0 atom stereocenters. The fourth-order valence-electron chi connectivity index (χ4n) is 2.97. The molecule has 9 heteroatoms. The molecular formula is C24H18Cl3N3O2S. The lowest BCUT2D eigenvalue weighted by Gasteiger charge is -2.13. The monoisotopic (exact) mass is 517 g/mol. The molecule has 1 aromatic heterocycles. The third kappa shape index (κ3) is 5.97. The van der Waals surface area contributed by atoms with Gasteiger partial charge in [-0.2, -0.15) is 5.10 Å². The molecule has 0 bridgehead atoms. The Morgan fingerprint density at radius 2 is 1.76 bits per heavy atom. The summed E-state index contributed by atoms with van der Waals surface area (Å²) in [5.74, 6) is 1.11. The van der Waals surface area contributed by atoms with E-state index in [-0.39, 0.29) is 6.61 Å². The van der Waals surface area contributed by atoms with Gasteiger partial charge in [-0.15, -0.1) is 11.3 Å². The topological polar surface area (TPSA) is 55.7 Å². The van der Waals surface area contributed by atoms with Gasteiger partial charge >= 0.3 is 0 Å². The zero-order valence-corrected chi connectivity index (χ0v) is 20.5. The van der Waals surface area contributed by atoms with Crippen molar-refractivity contribution < 1.29 is 9.47 Å². The molecule has 0 aliphatic carbocycles. The van der Waals surface area contributed by atoms with Crippen LogP contribution in [0, 0.1) is 0 Å². The fourth-order valence-corrected chi connectivity index (χ4v) is 4.57. The molecule has 4 aromatic rings. The summed E-state index contributed by atoms with van der Waals surface area (Å²) in [6.45, 7) is 0.175. The standard InChI is InChI=1S/C24H18Cl3N3O2S/c1-31-23-9-15(7-8-22(23)32-13-18-19(26)10-17(25)11-20(18)27)12-28-30-24-29-21(14-33-24)16-5-3-2-4-6-16/h2-12,14H,13H2,1H3,(H,29,30). The summed E-state index contributed by atoms with van der Waals surface area (Å²) in [7, 11) is 1.57. The molecule has 0 aliphatic heterocycles. The van der Waals surface area contributed by atoms with Gasteiger partial charge in [0, 0.05) is 21.5 Å². The molecule has 0 saturated carbocycles. The van der Waals surface area contributed by atoms with E-state index in [9.17, 15) is 0 Å². The molecule has 168 valence electrons. The number of methoxy groups -OCH3 is 1. The molecule has 0 amide bonds. The second kappa shape index (κ2) is 10.9. The van der Waals surface area contributed by atoms with E-state index in [0.29, 0.717) is 37.3 Å². The van der Waals surface area contributed by atoms with E-state index in [1.54, 1.807) is 31.5 Å². The average molecular weight is 519 g/mol. The Morgan fingerprint density at radius 3 is 2.48 bits per heavy atom. The van der Waals surface area contributed by atoms with Crippen molar-refractivity contribution in [2.75, 3.05) is 12.5 Å². The van der Waals surface area contributed by atoms with E-state index >= 15 is 0 Å². The maximum Gasteiger partial charge on any atom is 0.203 e. The molecule has 4 rings (SSSR count). The molecule has 0 radical (unpaired) electrons. The van der Waals surface area contributed by atoms with Gasteiger partial charge in [0.05, 0.1) is 29.1 Å². The van der Waals surface area contributed by atoms with E-state index in [0.717, 1.165) is 16.8 Å². The minimum atomic E-state index is 0.175. The molecule has 5 nitrogen and oxygen atoms in total. The number of thiazole rings is 1. The van der Waals surface area contributed by atoms with Crippen molar-refractivity contribution in [1.82, 2.24) is 4.98 Å². The van der Waals surface area contributed by atoms with E-state index in [2.05, 4.69) is 15.5 Å². The molecule has 0 aliphatic rings. The lowest BCUT2D eigenvalue weighted by Crippen LogP contribution is -2.00. The molecule has 33 heavy (non-hydrogen) atoms. The second-order valence-electron chi connectivity index (χ2n) is 6.82. The van der Waals surface area contributed by atoms with Gasteiger partial charge in [0.15, 0.2) is 11.5 Å². The van der Waals surface area contributed by atoms with Crippen LogP contribution in [0.4, 0.5) is 5.13 Å². The van der Waals surface area contributed by atoms with E-state index in [1.807, 2.05) is 47.8 Å². The predicted molar refractivity (Wildman–Crippen MR) is 138 cm³/mol. The Hall–Kier alpha value is -2.77. The quantitative estimate of drug-likeness (QED) is 0.191. The molecule has 0 fully saturated rings. The van der Waals surface area contributed by atoms with Gasteiger partial charge < -0.3 is 9.47 Å². The van der Waals surface area contributed by atoms with Crippen molar-refractivity contribution in [3.05, 3.63) is 92.2 Å². The van der Waals surface area contributed by atoms with Crippen LogP contribution < -0.4 is 14.9 Å². The third-order valence-corrected chi connectivity index (χ3v) is 6.25. The highest BCUT2D eigenvalue weighted by Gasteiger charge is 2.11. The number of halogens is 3. The summed E-state index contributed by atoms with van der Waals surface area (Å²) in [6, 6.07) is 18.7. The number of ether oxygens (including phenoxy) is 2. The van der Waals surface area contributed by atoms with Gasteiger partial charge in [-0.25, -0.2) is 4.98 Å². The summed E-state index contributed by atoms with van der Waals surface area (Å²) in [5, 5.41) is 8.33. The van der Waals surface area contributed by atoms with Gasteiger partial charge in [0.2, 0.25) is 5.13 Å². The highest BCUT2D eigenvalue weighted by Crippen LogP contribution is 2.33. The lowest BCUT2D eigenvalue weighted by atomic mass is 10.2. The van der Waals surface area contributed by atoms with Gasteiger partial charge in [-0.3, -0.25) is 5.43 Å². The van der Waals surface area contributed by atoms with Crippen LogP contribution in [0.15, 0.2) is 71.1 Å². The Balaban J connectivity index is 1.41. The number of aromatic nitrogens is 1. The maximum atomic E-state index is 6.24. The Labute approximate surface area is 210 Å². The molecule has 3 aromatic carbocycles. The summed E-state index contributed by atoms with van der Waals surface area (Å²) >= 11 is 19.9. The number of hydrogen-bond donors (Lipinski definition) is 1. The first-order valence-electron chi connectivity index (χ1n) is 9.78. The number of hydrogen-bond acceptors (Lipinski definition) is 6. The number of rotatable bonds is 8. The Bertz CT molecular complexity index is 1260. The highest BCUT2D eigenvalue weighted by molar-refractivity contribution is 7.14. The second-order valence-corrected chi connectivity index (χ2v) is 8.93. The van der Waals surface area contributed by atoms with E-state index < -0.39 is 0 Å². The maximum absolute atomic E-state index is 6.24. The van der Waals surface area contributed by atoms with Crippen molar-refractivity contribution in [2.45, 2.75) is 6.61 Å². The minimum Gasteiger partial charge on any atom is -0.493 e. The zero-order valence-electron chi connectivity index (χ0n) is 17.4. The summed E-state index contributed by atoms with van der Waals surface area (Å²) in [6.07, 6.45) is 1.68. The van der Waals surface area contributed by atoms with Crippen molar-refractivity contribution in [2.24, 2.45) is 5.10 Å². The van der Waals surface area contributed by atoms with Gasteiger partial charge in [-0.1, -0.05) is 65.1 Å². The fraction of sp³-hybridized carbons (Fsp3) is 0.0833. The summed E-state index contributed by atoms with van der Waals surface area (Å²) in [4.78, 5) is 4.55. The van der Waals surface area contributed by atoms with Crippen LogP contribution in [0.2, 0.25) is 15.1 Å². The van der Waals surface area contributed by atoms with Crippen molar-refractivity contribution in [3.63, 3.8) is 0 Å². The van der Waals surface area contributed by atoms with Crippen LogP contribution in [-0.2, 0) is 6.61 Å². The number of hydrazone groups is 1. The summed E-state index contributed by atoms with van der Waals surface area (Å²) in [5.41, 5.74) is 6.41. The molecule has 0 unspecified atom stereocenters. The Kier molecular flexibility index (Phi) is 7.73. The van der Waals surface area contributed by atoms with Crippen LogP contribution in [0.25, 0.3) is 11.3 Å². The van der Waals surface area contributed by atoms with Crippen LogP contribution in [0.5, 0.6) is 11.5 Å². The molecule has 0 saturated heterocycles. The smallest absolute Gasteiger partial charge is 0.203 e. The third-order valence-electron chi connectivity index (χ3n) is 4.61. The van der Waals surface area contributed by atoms with Crippen molar-refractivity contribution in [1.29, 1.82) is 0 Å². The predicted octanol–water partition coefficient (Wildman–Crippen LogP) is 7.80. The normalized spacial score (nSPS) is 11.0. The zero-order chi connectivity index (χ0) is 23.2. The number of anilines is 1. The van der Waals surface area contributed by atoms with E-state index in [4.69, 9.17) is 44.3 Å². The first-order valence-corrected chi connectivity index (χ1v) is 11.8. The molecular weight excluding hydrogens is 501 g/mol. The van der Waals surface area contributed by atoms with Crippen molar-refractivity contribution >= 4 is 57.5 Å². The van der Waals surface area contributed by atoms with Crippen LogP contribution >= 0.6 is 46.1 Å². The molecule has 1 heterocycles. The number of nitrogens with zero attached hydrogens (tertiary/aromatic N) is 2. The highest BCUT2D eigenvalue weighted by atomic mass is 35.5. The van der Waals surface area contributed by atoms with Crippen LogP contribution in [-0.4, -0.2) is 18.3 Å². The van der Waals surface area contributed by atoms with Crippen LogP contribution in [0.3, 0.4) is 0 Å². The first-order chi connectivity index (χ1) is 16.0. The largest absolute Gasteiger partial charge is 0.493 e. The van der Waals surface area contributed by atoms with Gasteiger partial charge in [-0.05, 0) is 35.9 Å². The molecule has 0 spiro atoms. The Morgan fingerprint density at radius 1 is 1.00 bits per heavy atom. The van der Waals surface area contributed by atoms with E-state index in [1.165, 1.54) is 11.3 Å². The van der Waals surface area contributed by atoms with Crippen molar-refractivity contribution in [3.8, 4) is 22.8 Å². The lowest BCUT2D eigenvalue weighted by molar-refractivity contribution is 0.284.